The van der Waals surface area contributed by atoms with E-state index in [2.05, 4.69) is 26.1 Å². The molecular formula is C11H20OS2. The first kappa shape index (κ1) is 14.1. The van der Waals surface area contributed by atoms with Crippen LogP contribution < -0.4 is 0 Å². The van der Waals surface area contributed by atoms with Gasteiger partial charge in [-0.2, -0.15) is 12.6 Å². The average molecular weight is 232 g/mol. The summed E-state index contributed by atoms with van der Waals surface area (Å²) in [4.78, 5) is 11.4. The largest absolute Gasteiger partial charge is 0.282 e. The number of thiol groups is 1. The van der Waals surface area contributed by atoms with Gasteiger partial charge in [0.15, 0.2) is 0 Å². The number of unbranched alkanes of at least 4 members (excludes halogenated alkanes) is 1. The lowest BCUT2D eigenvalue weighted by Crippen LogP contribution is -2.08. The number of hydrogen-bond acceptors (Lipinski definition) is 3. The Morgan fingerprint density at radius 3 is 2.57 bits per heavy atom. The highest BCUT2D eigenvalue weighted by molar-refractivity contribution is 8.14. The summed E-state index contributed by atoms with van der Waals surface area (Å²) in [6.45, 7) is 7.60. The Morgan fingerprint density at radius 1 is 1.50 bits per heavy atom. The van der Waals surface area contributed by atoms with Crippen molar-refractivity contribution in [2.75, 3.05) is 5.75 Å². The molecule has 0 aromatic carbocycles. The highest BCUT2D eigenvalue weighted by Crippen LogP contribution is 2.24. The fourth-order valence-corrected chi connectivity index (χ4v) is 2.60. The standard InChI is InChI=1S/C11H20OS2/c1-4-5-6-10(7-8-13)14-11(12)9(2)3/h10,13H,2,4-8H2,1,3H3. The van der Waals surface area contributed by atoms with Gasteiger partial charge < -0.3 is 0 Å². The van der Waals surface area contributed by atoms with Crippen LogP contribution in [0.1, 0.15) is 39.5 Å². The number of thioether (sulfide) groups is 1. The Bertz CT molecular complexity index is 190. The third kappa shape index (κ3) is 6.55. The van der Waals surface area contributed by atoms with Crippen LogP contribution in [0.4, 0.5) is 0 Å². The molecule has 0 radical (unpaired) electrons. The van der Waals surface area contributed by atoms with Gasteiger partial charge in [0, 0.05) is 5.25 Å². The molecule has 0 amide bonds. The SMILES string of the molecule is C=C(C)C(=O)SC(CCS)CCCC. The second-order valence-corrected chi connectivity index (χ2v) is 5.18. The fraction of sp³-hybridized carbons (Fsp3) is 0.727. The first-order chi connectivity index (χ1) is 6.61. The molecule has 14 heavy (non-hydrogen) atoms. The molecule has 0 aliphatic heterocycles. The second-order valence-electron chi connectivity index (χ2n) is 3.46. The fourth-order valence-electron chi connectivity index (χ4n) is 1.09. The van der Waals surface area contributed by atoms with Crippen molar-refractivity contribution in [3.05, 3.63) is 12.2 Å². The summed E-state index contributed by atoms with van der Waals surface area (Å²) in [7, 11) is 0. The molecule has 0 bridgehead atoms. The molecule has 0 aromatic rings. The quantitative estimate of drug-likeness (QED) is 0.532. The van der Waals surface area contributed by atoms with Crippen LogP contribution in [0.3, 0.4) is 0 Å². The Morgan fingerprint density at radius 2 is 2.14 bits per heavy atom. The maximum absolute atomic E-state index is 11.4. The van der Waals surface area contributed by atoms with Crippen LogP contribution in [0.25, 0.3) is 0 Å². The molecule has 0 aromatic heterocycles. The highest BCUT2D eigenvalue weighted by atomic mass is 32.2. The predicted octanol–water partition coefficient (Wildman–Crippen LogP) is 3.70. The zero-order valence-corrected chi connectivity index (χ0v) is 10.8. The number of carbonyl (C=O) groups is 1. The zero-order valence-electron chi connectivity index (χ0n) is 9.08. The summed E-state index contributed by atoms with van der Waals surface area (Å²) >= 11 is 5.64. The summed E-state index contributed by atoms with van der Waals surface area (Å²) in [5.74, 6) is 0.852. The van der Waals surface area contributed by atoms with Crippen molar-refractivity contribution in [1.82, 2.24) is 0 Å². The molecule has 0 aliphatic rings. The molecule has 0 saturated heterocycles. The van der Waals surface area contributed by atoms with Crippen LogP contribution in [0, 0.1) is 0 Å². The van der Waals surface area contributed by atoms with Gasteiger partial charge in [0.1, 0.15) is 0 Å². The molecule has 1 unspecified atom stereocenters. The summed E-state index contributed by atoms with van der Waals surface area (Å²) in [6.07, 6.45) is 4.49. The maximum Gasteiger partial charge on any atom is 0.214 e. The van der Waals surface area contributed by atoms with Crippen LogP contribution in [-0.4, -0.2) is 16.1 Å². The summed E-state index contributed by atoms with van der Waals surface area (Å²) < 4.78 is 0. The van der Waals surface area contributed by atoms with Crippen LogP contribution in [0.2, 0.25) is 0 Å². The van der Waals surface area contributed by atoms with E-state index in [9.17, 15) is 4.79 Å². The van der Waals surface area contributed by atoms with E-state index in [1.54, 1.807) is 6.92 Å². The Labute approximate surface area is 97.1 Å². The van der Waals surface area contributed by atoms with Gasteiger partial charge in [-0.1, -0.05) is 38.1 Å². The van der Waals surface area contributed by atoms with Crippen molar-refractivity contribution in [3.63, 3.8) is 0 Å². The first-order valence-corrected chi connectivity index (χ1v) is 6.60. The van der Waals surface area contributed by atoms with Gasteiger partial charge in [0.2, 0.25) is 5.12 Å². The molecule has 0 saturated carbocycles. The Kier molecular flexibility index (Phi) is 8.49. The number of carbonyl (C=O) groups excluding carboxylic acids is 1. The third-order valence-electron chi connectivity index (χ3n) is 1.95. The van der Waals surface area contributed by atoms with E-state index < -0.39 is 0 Å². The van der Waals surface area contributed by atoms with E-state index in [1.807, 2.05) is 0 Å². The zero-order chi connectivity index (χ0) is 11.0. The molecule has 82 valence electrons. The van der Waals surface area contributed by atoms with Gasteiger partial charge in [-0.3, -0.25) is 4.79 Å². The molecular weight excluding hydrogens is 212 g/mol. The van der Waals surface area contributed by atoms with E-state index in [4.69, 9.17) is 0 Å². The minimum atomic E-state index is 0.132. The minimum Gasteiger partial charge on any atom is -0.282 e. The summed E-state index contributed by atoms with van der Waals surface area (Å²) in [6, 6.07) is 0. The first-order valence-electron chi connectivity index (χ1n) is 5.09. The Hall–Kier alpha value is 0.110. The molecule has 0 N–H and O–H groups in total. The van der Waals surface area contributed by atoms with Crippen LogP contribution in [0.15, 0.2) is 12.2 Å². The van der Waals surface area contributed by atoms with E-state index in [0.29, 0.717) is 10.8 Å². The number of rotatable bonds is 7. The van der Waals surface area contributed by atoms with Crippen molar-refractivity contribution in [2.24, 2.45) is 0 Å². The lowest BCUT2D eigenvalue weighted by atomic mass is 10.2. The number of hydrogen-bond donors (Lipinski definition) is 1. The van der Waals surface area contributed by atoms with Gasteiger partial charge in [0.05, 0.1) is 0 Å². The molecule has 0 spiro atoms. The normalized spacial score (nSPS) is 12.5. The molecule has 3 heteroatoms. The maximum atomic E-state index is 11.4. The average Bonchev–Trinajstić information content (AvgIpc) is 2.14. The van der Waals surface area contributed by atoms with Gasteiger partial charge in [0.25, 0.3) is 0 Å². The molecule has 0 aliphatic carbocycles. The Balaban J connectivity index is 3.94. The summed E-state index contributed by atoms with van der Waals surface area (Å²) in [5, 5.41) is 0.560. The van der Waals surface area contributed by atoms with E-state index in [-0.39, 0.29) is 5.12 Å². The van der Waals surface area contributed by atoms with Crippen LogP contribution in [-0.2, 0) is 4.79 Å². The molecule has 1 nitrogen and oxygen atoms in total. The lowest BCUT2D eigenvalue weighted by Gasteiger charge is -2.13. The van der Waals surface area contributed by atoms with Crippen LogP contribution in [0.5, 0.6) is 0 Å². The van der Waals surface area contributed by atoms with Crippen molar-refractivity contribution in [1.29, 1.82) is 0 Å². The molecule has 0 rings (SSSR count). The third-order valence-corrected chi connectivity index (χ3v) is 3.58. The van der Waals surface area contributed by atoms with E-state index >= 15 is 0 Å². The van der Waals surface area contributed by atoms with Crippen LogP contribution >= 0.6 is 24.4 Å². The lowest BCUT2D eigenvalue weighted by molar-refractivity contribution is -0.107. The van der Waals surface area contributed by atoms with Gasteiger partial charge in [-0.05, 0) is 31.1 Å². The molecule has 1 atom stereocenters. The second kappa shape index (κ2) is 8.42. The van der Waals surface area contributed by atoms with Gasteiger partial charge in [-0.25, -0.2) is 0 Å². The van der Waals surface area contributed by atoms with Gasteiger partial charge in [-0.15, -0.1) is 0 Å². The molecule has 0 fully saturated rings. The topological polar surface area (TPSA) is 17.1 Å². The van der Waals surface area contributed by atoms with Crippen molar-refractivity contribution >= 4 is 29.5 Å². The predicted molar refractivity (Wildman–Crippen MR) is 69.2 cm³/mol. The summed E-state index contributed by atoms with van der Waals surface area (Å²) in [5.41, 5.74) is 0.649. The van der Waals surface area contributed by atoms with Crippen molar-refractivity contribution in [3.8, 4) is 0 Å². The minimum absolute atomic E-state index is 0.132. The molecule has 0 heterocycles. The monoisotopic (exact) mass is 232 g/mol. The highest BCUT2D eigenvalue weighted by Gasteiger charge is 2.13. The van der Waals surface area contributed by atoms with Crippen molar-refractivity contribution < 1.29 is 4.79 Å². The van der Waals surface area contributed by atoms with Gasteiger partial charge >= 0.3 is 0 Å². The van der Waals surface area contributed by atoms with E-state index in [0.717, 1.165) is 18.6 Å². The van der Waals surface area contributed by atoms with Crippen molar-refractivity contribution in [2.45, 2.75) is 44.8 Å². The van der Waals surface area contributed by atoms with E-state index in [1.165, 1.54) is 24.6 Å². The smallest absolute Gasteiger partial charge is 0.214 e.